The molecule has 1 aliphatic carbocycles. The number of anilines is 1. The molecule has 20 heavy (non-hydrogen) atoms. The number of hydrogen-bond acceptors (Lipinski definition) is 6. The van der Waals surface area contributed by atoms with E-state index >= 15 is 0 Å². The SMILES string of the molecule is O=S(=O)(Nc1nccs1)c1cc(CNC2CC2)sc1Br. The molecule has 1 saturated carbocycles. The van der Waals surface area contributed by atoms with Crippen LogP contribution in [-0.2, 0) is 16.6 Å². The van der Waals surface area contributed by atoms with Crippen LogP contribution in [-0.4, -0.2) is 19.4 Å². The maximum Gasteiger partial charge on any atom is 0.265 e. The van der Waals surface area contributed by atoms with E-state index in [0.717, 1.165) is 4.88 Å². The molecule has 2 heterocycles. The molecule has 0 aliphatic heterocycles. The van der Waals surface area contributed by atoms with Crippen LogP contribution in [0.2, 0.25) is 0 Å². The summed E-state index contributed by atoms with van der Waals surface area (Å²) in [5.74, 6) is 0. The zero-order valence-electron chi connectivity index (χ0n) is 10.3. The lowest BCUT2D eigenvalue weighted by Crippen LogP contribution is -2.14. The molecular formula is C11H12BrN3O2S3. The summed E-state index contributed by atoms with van der Waals surface area (Å²) in [5.41, 5.74) is 0. The first kappa shape index (κ1) is 14.5. The first-order valence-corrected chi connectivity index (χ1v) is 9.96. The summed E-state index contributed by atoms with van der Waals surface area (Å²) in [6, 6.07) is 2.31. The fourth-order valence-electron chi connectivity index (χ4n) is 1.64. The second kappa shape index (κ2) is 5.72. The van der Waals surface area contributed by atoms with Crippen LogP contribution in [0.4, 0.5) is 5.13 Å². The summed E-state index contributed by atoms with van der Waals surface area (Å²) in [4.78, 5) is 5.21. The van der Waals surface area contributed by atoms with E-state index in [0.29, 0.717) is 21.5 Å². The highest BCUT2D eigenvalue weighted by molar-refractivity contribution is 9.11. The Balaban J connectivity index is 1.77. The molecule has 0 bridgehead atoms. The predicted molar refractivity (Wildman–Crippen MR) is 84.8 cm³/mol. The minimum atomic E-state index is -3.58. The summed E-state index contributed by atoms with van der Waals surface area (Å²) in [6.45, 7) is 0.709. The van der Waals surface area contributed by atoms with Crippen molar-refractivity contribution in [3.8, 4) is 0 Å². The van der Waals surface area contributed by atoms with Crippen LogP contribution < -0.4 is 10.0 Å². The molecule has 2 aromatic heterocycles. The standard InChI is InChI=1S/C11H12BrN3O2S3/c12-10-9(5-8(19-10)6-14-7-1-2-7)20(16,17)15-11-13-3-4-18-11/h3-5,7,14H,1-2,6H2,(H,13,15). The van der Waals surface area contributed by atoms with Crippen LogP contribution >= 0.6 is 38.6 Å². The van der Waals surface area contributed by atoms with Crippen molar-refractivity contribution in [2.45, 2.75) is 30.3 Å². The molecule has 0 aromatic carbocycles. The number of nitrogens with one attached hydrogen (secondary N) is 2. The van der Waals surface area contributed by atoms with Crippen molar-refractivity contribution < 1.29 is 8.42 Å². The molecule has 2 aromatic rings. The van der Waals surface area contributed by atoms with E-state index in [9.17, 15) is 8.42 Å². The zero-order valence-corrected chi connectivity index (χ0v) is 14.3. The molecule has 2 N–H and O–H groups in total. The smallest absolute Gasteiger partial charge is 0.265 e. The van der Waals surface area contributed by atoms with E-state index in [4.69, 9.17) is 0 Å². The van der Waals surface area contributed by atoms with E-state index in [1.54, 1.807) is 17.6 Å². The van der Waals surface area contributed by atoms with Crippen LogP contribution in [0.3, 0.4) is 0 Å². The lowest BCUT2D eigenvalue weighted by Gasteiger charge is -2.03. The number of sulfonamides is 1. The number of aromatic nitrogens is 1. The molecule has 0 radical (unpaired) electrons. The Labute approximate surface area is 133 Å². The largest absolute Gasteiger partial charge is 0.309 e. The molecule has 0 spiro atoms. The van der Waals surface area contributed by atoms with Gasteiger partial charge < -0.3 is 5.32 Å². The van der Waals surface area contributed by atoms with Crippen molar-refractivity contribution in [1.29, 1.82) is 0 Å². The quantitative estimate of drug-likeness (QED) is 0.790. The fourth-order valence-corrected chi connectivity index (χ4v) is 6.07. The summed E-state index contributed by atoms with van der Waals surface area (Å²) in [6.07, 6.45) is 3.99. The first-order valence-electron chi connectivity index (χ1n) is 5.98. The minimum absolute atomic E-state index is 0.269. The Hall–Kier alpha value is -0.480. The van der Waals surface area contributed by atoms with E-state index in [2.05, 4.69) is 31.0 Å². The third-order valence-corrected chi connectivity index (χ3v) is 7.20. The number of thiophene rings is 1. The summed E-state index contributed by atoms with van der Waals surface area (Å²) >= 11 is 6.03. The maximum atomic E-state index is 12.3. The lowest BCUT2D eigenvalue weighted by atomic mass is 10.4. The Kier molecular flexibility index (Phi) is 4.14. The van der Waals surface area contributed by atoms with Gasteiger partial charge in [0.25, 0.3) is 10.0 Å². The van der Waals surface area contributed by atoms with Gasteiger partial charge in [-0.25, -0.2) is 13.4 Å². The Morgan fingerprint density at radius 2 is 2.25 bits per heavy atom. The molecule has 1 aliphatic rings. The molecule has 108 valence electrons. The van der Waals surface area contributed by atoms with Crippen LogP contribution in [0.15, 0.2) is 26.3 Å². The molecule has 0 saturated heterocycles. The van der Waals surface area contributed by atoms with Crippen LogP contribution in [0.5, 0.6) is 0 Å². The van der Waals surface area contributed by atoms with Crippen LogP contribution in [0.25, 0.3) is 0 Å². The van der Waals surface area contributed by atoms with E-state index in [1.165, 1.54) is 35.5 Å². The Morgan fingerprint density at radius 3 is 2.90 bits per heavy atom. The highest BCUT2D eigenvalue weighted by atomic mass is 79.9. The van der Waals surface area contributed by atoms with Gasteiger partial charge >= 0.3 is 0 Å². The maximum absolute atomic E-state index is 12.3. The zero-order chi connectivity index (χ0) is 14.2. The van der Waals surface area contributed by atoms with Gasteiger partial charge in [-0.15, -0.1) is 22.7 Å². The topological polar surface area (TPSA) is 71.1 Å². The lowest BCUT2D eigenvalue weighted by molar-refractivity contribution is 0.601. The average molecular weight is 394 g/mol. The minimum Gasteiger partial charge on any atom is -0.309 e. The van der Waals surface area contributed by atoms with Crippen molar-refractivity contribution >= 4 is 53.8 Å². The second-order valence-corrected chi connectivity index (χ2v) is 9.45. The van der Waals surface area contributed by atoms with E-state index < -0.39 is 10.0 Å². The normalized spacial score (nSPS) is 15.4. The number of thiazole rings is 1. The molecule has 5 nitrogen and oxygen atoms in total. The third-order valence-electron chi connectivity index (χ3n) is 2.79. The number of halogens is 1. The molecule has 9 heteroatoms. The Morgan fingerprint density at radius 1 is 1.45 bits per heavy atom. The van der Waals surface area contributed by atoms with Crippen molar-refractivity contribution in [2.75, 3.05) is 4.72 Å². The highest BCUT2D eigenvalue weighted by Gasteiger charge is 2.24. The molecule has 0 unspecified atom stereocenters. The highest BCUT2D eigenvalue weighted by Crippen LogP contribution is 2.33. The number of rotatable bonds is 6. The van der Waals surface area contributed by atoms with Gasteiger partial charge in [-0.1, -0.05) is 0 Å². The van der Waals surface area contributed by atoms with Gasteiger partial charge in [-0.05, 0) is 34.8 Å². The second-order valence-electron chi connectivity index (χ2n) is 4.45. The summed E-state index contributed by atoms with van der Waals surface area (Å²) < 4.78 is 27.7. The molecule has 0 amide bonds. The predicted octanol–water partition coefficient (Wildman–Crippen LogP) is 3.02. The van der Waals surface area contributed by atoms with E-state index in [-0.39, 0.29) is 4.90 Å². The van der Waals surface area contributed by atoms with Crippen molar-refractivity contribution in [1.82, 2.24) is 10.3 Å². The average Bonchev–Trinajstić information content (AvgIpc) is 2.93. The van der Waals surface area contributed by atoms with E-state index in [1.807, 2.05) is 0 Å². The van der Waals surface area contributed by atoms with Crippen molar-refractivity contribution in [3.05, 3.63) is 26.3 Å². The molecule has 0 atom stereocenters. The van der Waals surface area contributed by atoms with Gasteiger partial charge in [0, 0.05) is 29.0 Å². The fraction of sp³-hybridized carbons (Fsp3) is 0.364. The number of nitrogens with zero attached hydrogens (tertiary/aromatic N) is 1. The monoisotopic (exact) mass is 393 g/mol. The van der Waals surface area contributed by atoms with Gasteiger partial charge in [-0.2, -0.15) is 0 Å². The Bertz CT molecular complexity index is 693. The van der Waals surface area contributed by atoms with Crippen molar-refractivity contribution in [2.24, 2.45) is 0 Å². The van der Waals surface area contributed by atoms with Crippen LogP contribution in [0.1, 0.15) is 17.7 Å². The first-order chi connectivity index (χ1) is 9.54. The van der Waals surface area contributed by atoms with Gasteiger partial charge in [0.05, 0.1) is 3.79 Å². The van der Waals surface area contributed by atoms with Gasteiger partial charge in [0.15, 0.2) is 5.13 Å². The number of hydrogen-bond donors (Lipinski definition) is 2. The van der Waals surface area contributed by atoms with Crippen molar-refractivity contribution in [3.63, 3.8) is 0 Å². The van der Waals surface area contributed by atoms with Gasteiger partial charge in [0.1, 0.15) is 4.90 Å². The van der Waals surface area contributed by atoms with Crippen LogP contribution in [0, 0.1) is 0 Å². The summed E-state index contributed by atoms with van der Waals surface area (Å²) in [5, 5.41) is 5.48. The molecule has 1 fully saturated rings. The summed E-state index contributed by atoms with van der Waals surface area (Å²) in [7, 11) is -3.58. The third kappa shape index (κ3) is 3.40. The van der Waals surface area contributed by atoms with Gasteiger partial charge in [0.2, 0.25) is 0 Å². The molecular weight excluding hydrogens is 382 g/mol. The van der Waals surface area contributed by atoms with Gasteiger partial charge in [-0.3, -0.25) is 4.72 Å². The molecule has 3 rings (SSSR count).